The number of aryl methyl sites for hydroxylation is 2. The van der Waals surface area contributed by atoms with Gasteiger partial charge in [0, 0.05) is 18.2 Å². The zero-order valence-electron chi connectivity index (χ0n) is 12.6. The van der Waals surface area contributed by atoms with Crippen molar-refractivity contribution < 1.29 is 9.90 Å². The molecule has 20 heavy (non-hydrogen) atoms. The molecule has 1 saturated carbocycles. The summed E-state index contributed by atoms with van der Waals surface area (Å²) in [5.41, 5.74) is 3.05. The molecule has 0 bridgehead atoms. The Balaban J connectivity index is 2.07. The Kier molecular flexibility index (Phi) is 5.32. The van der Waals surface area contributed by atoms with E-state index in [0.29, 0.717) is 19.1 Å². The molecule has 1 aromatic rings. The predicted octanol–water partition coefficient (Wildman–Crippen LogP) is 2.72. The molecule has 0 spiro atoms. The first-order chi connectivity index (χ1) is 9.61. The van der Waals surface area contributed by atoms with Crippen molar-refractivity contribution in [2.24, 2.45) is 0 Å². The number of benzene rings is 1. The number of rotatable bonds is 6. The lowest BCUT2D eigenvalue weighted by atomic mass is 10.0. The van der Waals surface area contributed by atoms with Crippen molar-refractivity contribution in [3.63, 3.8) is 0 Å². The maximum Gasteiger partial charge on any atom is 0.177 e. The van der Waals surface area contributed by atoms with Gasteiger partial charge in [-0.3, -0.25) is 9.69 Å². The van der Waals surface area contributed by atoms with E-state index < -0.39 is 0 Å². The van der Waals surface area contributed by atoms with Crippen molar-refractivity contribution in [1.82, 2.24) is 4.90 Å². The second-order valence-corrected chi connectivity index (χ2v) is 5.87. The molecule has 3 nitrogen and oxygen atoms in total. The minimum Gasteiger partial charge on any atom is -0.395 e. The highest BCUT2D eigenvalue weighted by Gasteiger charge is 2.24. The van der Waals surface area contributed by atoms with Crippen LogP contribution in [0.3, 0.4) is 0 Å². The third-order valence-corrected chi connectivity index (χ3v) is 4.26. The number of carbonyl (C=O) groups is 1. The third kappa shape index (κ3) is 3.68. The van der Waals surface area contributed by atoms with Crippen molar-refractivity contribution in [3.05, 3.63) is 34.9 Å². The fraction of sp³-hybridized carbons (Fsp3) is 0.588. The first kappa shape index (κ1) is 15.2. The number of hydrogen-bond donors (Lipinski definition) is 1. The highest BCUT2D eigenvalue weighted by Crippen LogP contribution is 2.23. The van der Waals surface area contributed by atoms with Crippen molar-refractivity contribution in [2.45, 2.75) is 45.6 Å². The molecular formula is C17H25NO2. The van der Waals surface area contributed by atoms with Crippen LogP contribution in [-0.4, -0.2) is 41.5 Å². The van der Waals surface area contributed by atoms with E-state index in [1.165, 1.54) is 18.4 Å². The molecule has 0 radical (unpaired) electrons. The Hall–Kier alpha value is -1.19. The first-order valence-corrected chi connectivity index (χ1v) is 7.57. The highest BCUT2D eigenvalue weighted by atomic mass is 16.3. The van der Waals surface area contributed by atoms with Crippen LogP contribution in [0.1, 0.15) is 47.2 Å². The van der Waals surface area contributed by atoms with Crippen LogP contribution < -0.4 is 0 Å². The first-order valence-electron chi connectivity index (χ1n) is 7.57. The van der Waals surface area contributed by atoms with Gasteiger partial charge in [0.2, 0.25) is 0 Å². The monoisotopic (exact) mass is 275 g/mol. The van der Waals surface area contributed by atoms with Crippen LogP contribution in [0.4, 0.5) is 0 Å². The van der Waals surface area contributed by atoms with E-state index in [0.717, 1.165) is 24.0 Å². The second kappa shape index (κ2) is 7.00. The summed E-state index contributed by atoms with van der Waals surface area (Å²) in [4.78, 5) is 14.7. The van der Waals surface area contributed by atoms with E-state index in [4.69, 9.17) is 0 Å². The van der Waals surface area contributed by atoms with Gasteiger partial charge in [0.05, 0.1) is 13.2 Å². The molecule has 1 fully saturated rings. The van der Waals surface area contributed by atoms with Gasteiger partial charge in [-0.15, -0.1) is 0 Å². The van der Waals surface area contributed by atoms with Gasteiger partial charge in [-0.1, -0.05) is 36.6 Å². The van der Waals surface area contributed by atoms with E-state index in [9.17, 15) is 9.90 Å². The van der Waals surface area contributed by atoms with Crippen molar-refractivity contribution in [2.75, 3.05) is 19.7 Å². The number of carbonyl (C=O) groups excluding carboxylic acids is 1. The van der Waals surface area contributed by atoms with Crippen LogP contribution in [0.5, 0.6) is 0 Å². The largest absolute Gasteiger partial charge is 0.395 e. The topological polar surface area (TPSA) is 40.5 Å². The van der Waals surface area contributed by atoms with Gasteiger partial charge in [-0.25, -0.2) is 0 Å². The molecule has 0 unspecified atom stereocenters. The number of ketones is 1. The minimum absolute atomic E-state index is 0.122. The fourth-order valence-electron chi connectivity index (χ4n) is 3.18. The maximum absolute atomic E-state index is 12.5. The smallest absolute Gasteiger partial charge is 0.177 e. The summed E-state index contributed by atoms with van der Waals surface area (Å²) >= 11 is 0. The number of hydrogen-bond acceptors (Lipinski definition) is 3. The average Bonchev–Trinajstić information content (AvgIpc) is 2.91. The average molecular weight is 275 g/mol. The molecule has 3 heteroatoms. The van der Waals surface area contributed by atoms with Gasteiger partial charge >= 0.3 is 0 Å². The van der Waals surface area contributed by atoms with E-state index in [1.807, 2.05) is 26.0 Å². The van der Waals surface area contributed by atoms with Crippen LogP contribution in [0, 0.1) is 13.8 Å². The highest BCUT2D eigenvalue weighted by molar-refractivity contribution is 5.99. The Morgan fingerprint density at radius 1 is 1.30 bits per heavy atom. The van der Waals surface area contributed by atoms with Gasteiger partial charge in [-0.2, -0.15) is 0 Å². The minimum atomic E-state index is 0.122. The van der Waals surface area contributed by atoms with Gasteiger partial charge in [0.1, 0.15) is 0 Å². The number of Topliss-reactive ketones (excluding diaryl/α,β-unsaturated/α-hetero) is 1. The summed E-state index contributed by atoms with van der Waals surface area (Å²) in [5, 5.41) is 9.22. The Bertz CT molecular complexity index is 464. The fourth-order valence-corrected chi connectivity index (χ4v) is 3.18. The molecule has 1 N–H and O–H groups in total. The molecular weight excluding hydrogens is 250 g/mol. The predicted molar refractivity (Wildman–Crippen MR) is 81.2 cm³/mol. The van der Waals surface area contributed by atoms with E-state index in [-0.39, 0.29) is 12.4 Å². The zero-order valence-corrected chi connectivity index (χ0v) is 12.6. The molecule has 0 heterocycles. The van der Waals surface area contributed by atoms with Gasteiger partial charge in [0.15, 0.2) is 5.78 Å². The number of nitrogens with zero attached hydrogens (tertiary/aromatic N) is 1. The van der Waals surface area contributed by atoms with Crippen LogP contribution >= 0.6 is 0 Å². The summed E-state index contributed by atoms with van der Waals surface area (Å²) in [6, 6.07) is 6.45. The van der Waals surface area contributed by atoms with Crippen molar-refractivity contribution >= 4 is 5.78 Å². The summed E-state index contributed by atoms with van der Waals surface area (Å²) < 4.78 is 0. The number of aliphatic hydroxyl groups excluding tert-OH is 1. The molecule has 0 aromatic heterocycles. The van der Waals surface area contributed by atoms with Crippen LogP contribution in [0.25, 0.3) is 0 Å². The maximum atomic E-state index is 12.5. The van der Waals surface area contributed by atoms with Crippen LogP contribution in [-0.2, 0) is 0 Å². The Morgan fingerprint density at radius 3 is 2.60 bits per heavy atom. The van der Waals surface area contributed by atoms with Gasteiger partial charge in [0.25, 0.3) is 0 Å². The quantitative estimate of drug-likeness (QED) is 0.812. The zero-order chi connectivity index (χ0) is 14.5. The molecule has 1 aromatic carbocycles. The molecule has 0 amide bonds. The molecule has 1 aliphatic carbocycles. The molecule has 0 aliphatic heterocycles. The lowest BCUT2D eigenvalue weighted by Crippen LogP contribution is -2.39. The molecule has 1 aliphatic rings. The summed E-state index contributed by atoms with van der Waals surface area (Å²) in [6.07, 6.45) is 4.79. The van der Waals surface area contributed by atoms with E-state index >= 15 is 0 Å². The standard InChI is InChI=1S/C17H25NO2/c1-13-7-8-16(14(2)11-13)17(20)12-18(9-10-19)15-5-3-4-6-15/h7-8,11,15,19H,3-6,9-10,12H2,1-2H3. The summed E-state index contributed by atoms with van der Waals surface area (Å²) in [5.74, 6) is 0.169. The lowest BCUT2D eigenvalue weighted by molar-refractivity contribution is 0.0862. The lowest BCUT2D eigenvalue weighted by Gasteiger charge is -2.27. The molecule has 2 rings (SSSR count). The normalized spacial score (nSPS) is 16.0. The second-order valence-electron chi connectivity index (χ2n) is 5.87. The van der Waals surface area contributed by atoms with Gasteiger partial charge in [-0.05, 0) is 32.3 Å². The SMILES string of the molecule is Cc1ccc(C(=O)CN(CCO)C2CCCC2)c(C)c1. The van der Waals surface area contributed by atoms with Crippen molar-refractivity contribution in [1.29, 1.82) is 0 Å². The van der Waals surface area contributed by atoms with E-state index in [2.05, 4.69) is 11.0 Å². The summed E-state index contributed by atoms with van der Waals surface area (Å²) in [6.45, 7) is 5.18. The molecule has 110 valence electrons. The van der Waals surface area contributed by atoms with E-state index in [1.54, 1.807) is 0 Å². The third-order valence-electron chi connectivity index (χ3n) is 4.26. The number of aliphatic hydroxyl groups is 1. The summed E-state index contributed by atoms with van der Waals surface area (Å²) in [7, 11) is 0. The molecule has 0 saturated heterocycles. The Labute approximate surface area is 121 Å². The Morgan fingerprint density at radius 2 is 2.00 bits per heavy atom. The van der Waals surface area contributed by atoms with Crippen LogP contribution in [0.2, 0.25) is 0 Å². The van der Waals surface area contributed by atoms with Gasteiger partial charge < -0.3 is 5.11 Å². The van der Waals surface area contributed by atoms with Crippen molar-refractivity contribution in [3.8, 4) is 0 Å². The van der Waals surface area contributed by atoms with Crippen LogP contribution in [0.15, 0.2) is 18.2 Å². The molecule has 0 atom stereocenters.